The van der Waals surface area contributed by atoms with Gasteiger partial charge >= 0.3 is 6.03 Å². The van der Waals surface area contributed by atoms with Gasteiger partial charge in [-0.3, -0.25) is 15.6 Å². The molecule has 2 aromatic carbocycles. The molecule has 6 nitrogen and oxygen atoms in total. The molecule has 128 valence electrons. The SMILES string of the molecule is CONc1cnc(NC(=O)NCc2cccc(-c3ccccc3)c2)s1. The summed E-state index contributed by atoms with van der Waals surface area (Å²) in [7, 11) is 1.52. The van der Waals surface area contributed by atoms with Crippen LogP contribution < -0.4 is 16.1 Å². The summed E-state index contributed by atoms with van der Waals surface area (Å²) in [5.74, 6) is 0. The third kappa shape index (κ3) is 4.79. The molecule has 0 aliphatic heterocycles. The molecule has 0 aliphatic carbocycles. The molecule has 0 saturated heterocycles. The van der Waals surface area contributed by atoms with E-state index in [1.165, 1.54) is 18.4 Å². The van der Waals surface area contributed by atoms with Gasteiger partial charge in [-0.1, -0.05) is 59.9 Å². The van der Waals surface area contributed by atoms with Crippen LogP contribution in [0.15, 0.2) is 60.8 Å². The molecule has 0 radical (unpaired) electrons. The predicted octanol–water partition coefficient (Wildman–Crippen LogP) is 4.11. The molecule has 0 fully saturated rings. The van der Waals surface area contributed by atoms with Crippen LogP contribution in [-0.2, 0) is 11.4 Å². The van der Waals surface area contributed by atoms with Crippen molar-refractivity contribution in [2.45, 2.75) is 6.54 Å². The monoisotopic (exact) mass is 354 g/mol. The highest BCUT2D eigenvalue weighted by Gasteiger charge is 2.06. The van der Waals surface area contributed by atoms with E-state index in [9.17, 15) is 4.79 Å². The highest BCUT2D eigenvalue weighted by Crippen LogP contribution is 2.23. The predicted molar refractivity (Wildman–Crippen MR) is 100 cm³/mol. The second-order valence-electron chi connectivity index (χ2n) is 5.21. The number of benzene rings is 2. The number of hydrogen-bond donors (Lipinski definition) is 3. The van der Waals surface area contributed by atoms with E-state index in [4.69, 9.17) is 4.84 Å². The molecule has 3 rings (SSSR count). The van der Waals surface area contributed by atoms with Crippen LogP contribution in [0.5, 0.6) is 0 Å². The first-order valence-corrected chi connectivity index (χ1v) is 8.50. The van der Waals surface area contributed by atoms with Crippen LogP contribution in [-0.4, -0.2) is 18.1 Å². The van der Waals surface area contributed by atoms with Gasteiger partial charge in [-0.15, -0.1) is 0 Å². The van der Waals surface area contributed by atoms with E-state index < -0.39 is 0 Å². The molecule has 7 heteroatoms. The van der Waals surface area contributed by atoms with Gasteiger partial charge in [-0.2, -0.15) is 0 Å². The van der Waals surface area contributed by atoms with E-state index in [1.54, 1.807) is 6.20 Å². The first-order valence-electron chi connectivity index (χ1n) is 7.68. The number of nitrogens with one attached hydrogen (secondary N) is 3. The van der Waals surface area contributed by atoms with Crippen molar-refractivity contribution in [2.24, 2.45) is 0 Å². The maximum absolute atomic E-state index is 12.0. The molecule has 2 amide bonds. The summed E-state index contributed by atoms with van der Waals surface area (Å²) in [6.07, 6.45) is 1.59. The lowest BCUT2D eigenvalue weighted by atomic mass is 10.0. The summed E-state index contributed by atoms with van der Waals surface area (Å²) in [5, 5.41) is 6.74. The van der Waals surface area contributed by atoms with Gasteiger partial charge in [0.2, 0.25) is 0 Å². The van der Waals surface area contributed by atoms with Crippen LogP contribution >= 0.6 is 11.3 Å². The standard InChI is InChI=1S/C18H18N4O2S/c1-24-22-16-12-20-18(25-16)21-17(23)19-11-13-6-5-9-15(10-13)14-7-3-2-4-8-14/h2-10,12,22H,11H2,1H3,(H2,19,20,21,23). The van der Waals surface area contributed by atoms with Gasteiger partial charge in [0.1, 0.15) is 5.00 Å². The molecule has 0 saturated carbocycles. The van der Waals surface area contributed by atoms with Crippen molar-refractivity contribution in [3.8, 4) is 11.1 Å². The Morgan fingerprint density at radius 2 is 1.92 bits per heavy atom. The number of hydrogen-bond acceptors (Lipinski definition) is 5. The molecule has 0 spiro atoms. The van der Waals surface area contributed by atoms with Crippen LogP contribution in [0, 0.1) is 0 Å². The number of thiazole rings is 1. The van der Waals surface area contributed by atoms with E-state index in [-0.39, 0.29) is 6.03 Å². The van der Waals surface area contributed by atoms with E-state index in [2.05, 4.69) is 45.4 Å². The molecule has 25 heavy (non-hydrogen) atoms. The third-order valence-corrected chi connectivity index (χ3v) is 4.23. The molecule has 0 atom stereocenters. The molecule has 1 heterocycles. The fourth-order valence-electron chi connectivity index (χ4n) is 2.29. The summed E-state index contributed by atoms with van der Waals surface area (Å²) >= 11 is 1.29. The lowest BCUT2D eigenvalue weighted by Gasteiger charge is -2.08. The van der Waals surface area contributed by atoms with E-state index in [1.807, 2.05) is 30.3 Å². The lowest BCUT2D eigenvalue weighted by molar-refractivity contribution is 0.251. The van der Waals surface area contributed by atoms with Crippen molar-refractivity contribution in [1.29, 1.82) is 0 Å². The van der Waals surface area contributed by atoms with Crippen molar-refractivity contribution in [3.63, 3.8) is 0 Å². The highest BCUT2D eigenvalue weighted by atomic mass is 32.1. The average molecular weight is 354 g/mol. The van der Waals surface area contributed by atoms with Crippen molar-refractivity contribution in [2.75, 3.05) is 17.9 Å². The Kier molecular flexibility index (Phi) is 5.61. The first-order chi connectivity index (χ1) is 12.2. The maximum Gasteiger partial charge on any atom is 0.321 e. The summed E-state index contributed by atoms with van der Waals surface area (Å²) in [5.41, 5.74) is 5.96. The molecular weight excluding hydrogens is 336 g/mol. The van der Waals surface area contributed by atoms with Crippen molar-refractivity contribution >= 4 is 27.5 Å². The normalized spacial score (nSPS) is 10.3. The zero-order valence-electron chi connectivity index (χ0n) is 13.7. The van der Waals surface area contributed by atoms with Crippen molar-refractivity contribution < 1.29 is 9.63 Å². The van der Waals surface area contributed by atoms with Crippen LogP contribution in [0.1, 0.15) is 5.56 Å². The van der Waals surface area contributed by atoms with Crippen LogP contribution in [0.25, 0.3) is 11.1 Å². The molecule has 3 N–H and O–H groups in total. The Balaban J connectivity index is 1.57. The molecule has 0 unspecified atom stereocenters. The molecule has 3 aromatic rings. The maximum atomic E-state index is 12.0. The minimum Gasteiger partial charge on any atom is -0.334 e. The summed E-state index contributed by atoms with van der Waals surface area (Å²) in [4.78, 5) is 20.9. The number of amides is 2. The zero-order chi connectivity index (χ0) is 17.5. The van der Waals surface area contributed by atoms with E-state index >= 15 is 0 Å². The average Bonchev–Trinajstić information content (AvgIpc) is 3.08. The molecule has 0 aliphatic rings. The third-order valence-electron chi connectivity index (χ3n) is 3.42. The van der Waals surface area contributed by atoms with Crippen molar-refractivity contribution in [1.82, 2.24) is 10.3 Å². The second kappa shape index (κ2) is 8.27. The zero-order valence-corrected chi connectivity index (χ0v) is 14.5. The Morgan fingerprint density at radius 3 is 2.72 bits per heavy atom. The highest BCUT2D eigenvalue weighted by molar-refractivity contribution is 7.19. The number of carbonyl (C=O) groups is 1. The van der Waals surface area contributed by atoms with Gasteiger partial charge in [-0.05, 0) is 22.8 Å². The summed E-state index contributed by atoms with van der Waals surface area (Å²) in [6, 6.07) is 17.9. The number of anilines is 2. The Labute approximate surface area is 149 Å². The second-order valence-corrected chi connectivity index (χ2v) is 6.24. The van der Waals surface area contributed by atoms with Gasteiger partial charge in [0.15, 0.2) is 5.13 Å². The Morgan fingerprint density at radius 1 is 1.12 bits per heavy atom. The minimum absolute atomic E-state index is 0.302. The Hall–Kier alpha value is -2.90. The van der Waals surface area contributed by atoms with Gasteiger partial charge in [0, 0.05) is 6.54 Å². The molecular formula is C18H18N4O2S. The quantitative estimate of drug-likeness (QED) is 0.583. The molecule has 0 bridgehead atoms. The van der Waals surface area contributed by atoms with Gasteiger partial charge in [0.25, 0.3) is 0 Å². The fourth-order valence-corrected chi connectivity index (χ4v) is 2.98. The molecule has 1 aromatic heterocycles. The van der Waals surface area contributed by atoms with Gasteiger partial charge in [-0.25, -0.2) is 9.78 Å². The Bertz CT molecular complexity index is 836. The summed E-state index contributed by atoms with van der Waals surface area (Å²) in [6.45, 7) is 0.432. The van der Waals surface area contributed by atoms with Crippen LogP contribution in [0.2, 0.25) is 0 Å². The van der Waals surface area contributed by atoms with E-state index in [0.717, 1.165) is 16.7 Å². The minimum atomic E-state index is -0.302. The van der Waals surface area contributed by atoms with Gasteiger partial charge < -0.3 is 5.32 Å². The fraction of sp³-hybridized carbons (Fsp3) is 0.111. The van der Waals surface area contributed by atoms with Gasteiger partial charge in [0.05, 0.1) is 13.3 Å². The number of nitrogens with zero attached hydrogens (tertiary/aromatic N) is 1. The number of aromatic nitrogens is 1. The number of urea groups is 1. The lowest BCUT2D eigenvalue weighted by Crippen LogP contribution is -2.28. The first kappa shape index (κ1) is 16.9. The smallest absolute Gasteiger partial charge is 0.321 e. The summed E-state index contributed by atoms with van der Waals surface area (Å²) < 4.78 is 0. The van der Waals surface area contributed by atoms with E-state index in [0.29, 0.717) is 16.7 Å². The van der Waals surface area contributed by atoms with Crippen LogP contribution in [0.3, 0.4) is 0 Å². The van der Waals surface area contributed by atoms with Crippen molar-refractivity contribution in [3.05, 3.63) is 66.4 Å². The topological polar surface area (TPSA) is 75.3 Å². The van der Waals surface area contributed by atoms with Crippen LogP contribution in [0.4, 0.5) is 14.9 Å². The largest absolute Gasteiger partial charge is 0.334 e. The number of carbonyl (C=O) groups excluding carboxylic acids is 1. The number of rotatable bonds is 6.